The maximum atomic E-state index is 12.5. The minimum absolute atomic E-state index is 0.508. The van der Waals surface area contributed by atoms with Gasteiger partial charge in [0, 0.05) is 22.2 Å². The lowest BCUT2D eigenvalue weighted by atomic mass is 10.00. The van der Waals surface area contributed by atoms with E-state index >= 15 is 0 Å². The Bertz CT molecular complexity index is 292. The van der Waals surface area contributed by atoms with Crippen molar-refractivity contribution >= 4 is 9.73 Å². The summed E-state index contributed by atoms with van der Waals surface area (Å²) in [4.78, 5) is 0. The van der Waals surface area contributed by atoms with Gasteiger partial charge in [-0.25, -0.2) is 13.1 Å². The third kappa shape index (κ3) is 3.49. The molecule has 0 aliphatic carbocycles. The number of nitrogens with zero attached hydrogens (tertiary/aromatic N) is 1. The van der Waals surface area contributed by atoms with E-state index < -0.39 is 28.2 Å². The van der Waals surface area contributed by atoms with Crippen molar-refractivity contribution in [2.24, 2.45) is 4.36 Å². The third-order valence-corrected chi connectivity index (χ3v) is 2.91. The first-order valence-corrected chi connectivity index (χ1v) is 6.91. The van der Waals surface area contributed by atoms with Gasteiger partial charge in [0.05, 0.1) is 12.1 Å². The lowest BCUT2D eigenvalue weighted by Crippen LogP contribution is -2.48. The van der Waals surface area contributed by atoms with Gasteiger partial charge in [-0.05, 0) is 19.4 Å². The van der Waals surface area contributed by atoms with E-state index in [-0.39, 0.29) is 0 Å². The molecule has 1 N–H and O–H groups in total. The molecule has 2 atom stereocenters. The largest absolute Gasteiger partial charge is 0.307 e. The molecule has 0 amide bonds. The monoisotopic (exact) mass is 226 g/mol. The lowest BCUT2D eigenvalue weighted by Gasteiger charge is -2.29. The van der Waals surface area contributed by atoms with Gasteiger partial charge in [0.2, 0.25) is 0 Å². The van der Waals surface area contributed by atoms with E-state index in [1.807, 2.05) is 0 Å². The Morgan fingerprint density at radius 1 is 1.50 bits per heavy atom. The Morgan fingerprint density at radius 2 is 2.14 bits per heavy atom. The van der Waals surface area contributed by atoms with E-state index in [9.17, 15) is 13.0 Å². The van der Waals surface area contributed by atoms with Crippen molar-refractivity contribution < 1.29 is 13.0 Å². The third-order valence-electron chi connectivity index (χ3n) is 2.13. The summed E-state index contributed by atoms with van der Waals surface area (Å²) in [6, 6.07) is -1.43. The normalized spacial score (nSPS) is 29.2. The maximum Gasteiger partial charge on any atom is 0.255 e. The van der Waals surface area contributed by atoms with Crippen LogP contribution in [0.5, 0.6) is 0 Å². The highest BCUT2D eigenvalue weighted by molar-refractivity contribution is 7.92. The minimum atomic E-state index is -2.44. The summed E-state index contributed by atoms with van der Waals surface area (Å²) in [5, 5.41) is 2.72. The lowest BCUT2D eigenvalue weighted by molar-refractivity contribution is 0.0760. The molecule has 1 aliphatic heterocycles. The Hall–Kier alpha value is -0.230. The van der Waals surface area contributed by atoms with Crippen LogP contribution in [-0.2, 0) is 9.73 Å². The van der Waals surface area contributed by atoms with E-state index in [1.165, 1.54) is 12.5 Å². The van der Waals surface area contributed by atoms with Gasteiger partial charge < -0.3 is 5.32 Å². The molecule has 1 saturated heterocycles. The predicted molar refractivity (Wildman–Crippen MR) is 53.2 cm³/mol. The molecule has 1 rings (SSSR count). The molecule has 0 aromatic carbocycles. The van der Waals surface area contributed by atoms with Crippen LogP contribution in [-0.4, -0.2) is 41.8 Å². The molecule has 2 unspecified atom stereocenters. The molecule has 0 saturated carbocycles. The van der Waals surface area contributed by atoms with E-state index in [2.05, 4.69) is 9.68 Å². The van der Waals surface area contributed by atoms with Crippen molar-refractivity contribution in [2.45, 2.75) is 31.4 Å². The molecule has 0 aromatic heterocycles. The highest BCUT2D eigenvalue weighted by atomic mass is 32.2. The average molecular weight is 226 g/mol. The minimum Gasteiger partial charge on any atom is -0.307 e. The van der Waals surface area contributed by atoms with Crippen LogP contribution in [0.25, 0.3) is 0 Å². The zero-order valence-corrected chi connectivity index (χ0v) is 9.19. The zero-order valence-electron chi connectivity index (χ0n) is 8.37. The summed E-state index contributed by atoms with van der Waals surface area (Å²) in [7, 11) is -2.29. The topological polar surface area (TPSA) is 41.5 Å². The number of piperidine rings is 1. The average Bonchev–Trinajstić information content (AvgIpc) is 2.01. The van der Waals surface area contributed by atoms with Crippen molar-refractivity contribution in [3.05, 3.63) is 0 Å². The molecule has 14 heavy (non-hydrogen) atoms. The van der Waals surface area contributed by atoms with Gasteiger partial charge in [0.1, 0.15) is 0 Å². The number of alkyl halides is 2. The van der Waals surface area contributed by atoms with E-state index in [0.717, 1.165) is 6.42 Å². The smallest absolute Gasteiger partial charge is 0.255 e. The molecular formula is C8H16F2N2OS. The van der Waals surface area contributed by atoms with Gasteiger partial charge in [-0.3, -0.25) is 4.21 Å². The Morgan fingerprint density at radius 3 is 2.64 bits per heavy atom. The number of hydrogen-bond acceptors (Lipinski definition) is 3. The van der Waals surface area contributed by atoms with Gasteiger partial charge >= 0.3 is 0 Å². The standard InChI is InChI=1S/C8H16F2N2OS/c1-14(2,13)12-6-4-3-5-11-7(6)8(9)10/h6-8,11H,3-5H2,1-2H3. The van der Waals surface area contributed by atoms with Gasteiger partial charge in [-0.2, -0.15) is 0 Å². The van der Waals surface area contributed by atoms with Crippen LogP contribution in [0.3, 0.4) is 0 Å². The molecule has 1 heterocycles. The molecule has 0 aromatic rings. The van der Waals surface area contributed by atoms with Crippen LogP contribution in [0.4, 0.5) is 8.78 Å². The summed E-state index contributed by atoms with van der Waals surface area (Å²) < 4.78 is 40.4. The van der Waals surface area contributed by atoms with Crippen LogP contribution in [0.1, 0.15) is 12.8 Å². The van der Waals surface area contributed by atoms with Crippen molar-refractivity contribution in [3.8, 4) is 0 Å². The number of nitrogens with one attached hydrogen (secondary N) is 1. The summed E-state index contributed by atoms with van der Waals surface area (Å²) >= 11 is 0. The van der Waals surface area contributed by atoms with Gasteiger partial charge in [-0.15, -0.1) is 0 Å². The Balaban J connectivity index is 2.79. The fourth-order valence-electron chi connectivity index (χ4n) is 1.60. The quantitative estimate of drug-likeness (QED) is 0.766. The van der Waals surface area contributed by atoms with E-state index in [0.29, 0.717) is 13.0 Å². The first-order valence-electron chi connectivity index (χ1n) is 4.58. The number of halogens is 2. The Kier molecular flexibility index (Phi) is 3.83. The number of hydrogen-bond donors (Lipinski definition) is 1. The first kappa shape index (κ1) is 11.8. The molecule has 3 nitrogen and oxygen atoms in total. The van der Waals surface area contributed by atoms with Crippen molar-refractivity contribution in [1.82, 2.24) is 5.32 Å². The van der Waals surface area contributed by atoms with Crippen LogP contribution in [0.15, 0.2) is 4.36 Å². The molecule has 0 bridgehead atoms. The molecule has 84 valence electrons. The van der Waals surface area contributed by atoms with Gasteiger partial charge in [0.15, 0.2) is 0 Å². The van der Waals surface area contributed by atoms with Gasteiger partial charge in [0.25, 0.3) is 6.43 Å². The first-order chi connectivity index (χ1) is 6.40. The highest BCUT2D eigenvalue weighted by Crippen LogP contribution is 2.19. The van der Waals surface area contributed by atoms with Crippen LogP contribution >= 0.6 is 0 Å². The fourth-order valence-corrected chi connectivity index (χ4v) is 2.49. The van der Waals surface area contributed by atoms with Crippen molar-refractivity contribution in [1.29, 1.82) is 0 Å². The molecule has 6 heteroatoms. The highest BCUT2D eigenvalue weighted by Gasteiger charge is 2.32. The molecular weight excluding hydrogens is 210 g/mol. The van der Waals surface area contributed by atoms with Crippen LogP contribution < -0.4 is 5.32 Å². The predicted octanol–water partition coefficient (Wildman–Crippen LogP) is 1.10. The zero-order chi connectivity index (χ0) is 10.8. The van der Waals surface area contributed by atoms with Crippen LogP contribution in [0, 0.1) is 0 Å². The van der Waals surface area contributed by atoms with E-state index in [4.69, 9.17) is 0 Å². The summed E-state index contributed by atoms with van der Waals surface area (Å²) in [6.45, 7) is 0.593. The SMILES string of the molecule is CS(C)(=O)=NC1CCCNC1C(F)F. The van der Waals surface area contributed by atoms with E-state index in [1.54, 1.807) is 0 Å². The van der Waals surface area contributed by atoms with Crippen molar-refractivity contribution in [3.63, 3.8) is 0 Å². The fraction of sp³-hybridized carbons (Fsp3) is 1.00. The second kappa shape index (κ2) is 4.53. The molecule has 0 spiro atoms. The second-order valence-electron chi connectivity index (χ2n) is 3.81. The Labute approximate surface area is 83.4 Å². The molecule has 1 aliphatic rings. The number of rotatable bonds is 2. The summed E-state index contributed by atoms with van der Waals surface area (Å²) in [6.07, 6.45) is 1.92. The second-order valence-corrected chi connectivity index (χ2v) is 6.38. The summed E-state index contributed by atoms with van der Waals surface area (Å²) in [5.74, 6) is 0. The molecule has 0 radical (unpaired) electrons. The molecule has 1 fully saturated rings. The van der Waals surface area contributed by atoms with Crippen LogP contribution in [0.2, 0.25) is 0 Å². The summed E-state index contributed by atoms with van der Waals surface area (Å²) in [5.41, 5.74) is 0. The van der Waals surface area contributed by atoms with Crippen molar-refractivity contribution in [2.75, 3.05) is 19.1 Å². The van der Waals surface area contributed by atoms with Gasteiger partial charge in [-0.1, -0.05) is 0 Å². The maximum absolute atomic E-state index is 12.5.